The summed E-state index contributed by atoms with van der Waals surface area (Å²) in [7, 11) is -3.74. The number of carbonyl (C=O) groups is 3. The molecule has 186 valence electrons. The van der Waals surface area contributed by atoms with Crippen LogP contribution in [0.15, 0.2) is 23.1 Å². The molecule has 1 atom stereocenters. The SMILES string of the molecule is CC[C@@]1(C)NC(=O)N(NC(=O)CN2CCN(S(=O)(=O)c3ccc4c(c3)OCCCO4)CC2)C1=O. The average molecular weight is 496 g/mol. The Balaban J connectivity index is 1.33. The van der Waals surface area contributed by atoms with Gasteiger partial charge in [-0.1, -0.05) is 6.92 Å². The molecule has 12 nitrogen and oxygen atoms in total. The maximum Gasteiger partial charge on any atom is 0.344 e. The molecule has 4 rings (SSSR count). The van der Waals surface area contributed by atoms with E-state index in [0.717, 1.165) is 6.42 Å². The van der Waals surface area contributed by atoms with Gasteiger partial charge in [-0.3, -0.25) is 19.9 Å². The summed E-state index contributed by atoms with van der Waals surface area (Å²) in [6.07, 6.45) is 1.12. The summed E-state index contributed by atoms with van der Waals surface area (Å²) < 4.78 is 38.8. The fourth-order valence-electron chi connectivity index (χ4n) is 3.97. The Morgan fingerprint density at radius 3 is 2.44 bits per heavy atom. The molecule has 13 heteroatoms. The Hall–Kier alpha value is -2.90. The number of nitrogens with one attached hydrogen (secondary N) is 2. The lowest BCUT2D eigenvalue weighted by Gasteiger charge is -2.33. The van der Waals surface area contributed by atoms with Crippen LogP contribution in [-0.4, -0.2) is 92.0 Å². The van der Waals surface area contributed by atoms with Gasteiger partial charge in [-0.15, -0.1) is 0 Å². The lowest BCUT2D eigenvalue weighted by atomic mass is 10.00. The average Bonchev–Trinajstić information content (AvgIpc) is 2.97. The van der Waals surface area contributed by atoms with Crippen LogP contribution in [0.4, 0.5) is 4.79 Å². The predicted octanol–water partition coefficient (Wildman–Crippen LogP) is -0.0941. The van der Waals surface area contributed by atoms with Crippen molar-refractivity contribution < 1.29 is 32.3 Å². The van der Waals surface area contributed by atoms with Gasteiger partial charge >= 0.3 is 6.03 Å². The fraction of sp³-hybridized carbons (Fsp3) is 0.571. The molecule has 0 aliphatic carbocycles. The number of ether oxygens (including phenoxy) is 2. The maximum atomic E-state index is 13.1. The van der Waals surface area contributed by atoms with E-state index in [-0.39, 0.29) is 24.5 Å². The highest BCUT2D eigenvalue weighted by Crippen LogP contribution is 2.33. The van der Waals surface area contributed by atoms with Crippen molar-refractivity contribution in [2.45, 2.75) is 37.1 Å². The van der Waals surface area contributed by atoms with E-state index in [0.29, 0.717) is 49.2 Å². The van der Waals surface area contributed by atoms with E-state index in [2.05, 4.69) is 10.7 Å². The van der Waals surface area contributed by atoms with Gasteiger partial charge in [-0.25, -0.2) is 13.2 Å². The van der Waals surface area contributed by atoms with E-state index in [1.54, 1.807) is 24.8 Å². The van der Waals surface area contributed by atoms with E-state index in [1.165, 1.54) is 16.4 Å². The Labute approximate surface area is 198 Å². The number of imide groups is 1. The number of nitrogens with zero attached hydrogens (tertiary/aromatic N) is 3. The number of amides is 4. The predicted molar refractivity (Wildman–Crippen MR) is 119 cm³/mol. The Kier molecular flexibility index (Phi) is 6.69. The second-order valence-corrected chi connectivity index (χ2v) is 10.6. The number of carbonyl (C=O) groups excluding carboxylic acids is 3. The largest absolute Gasteiger partial charge is 0.490 e. The monoisotopic (exact) mass is 495 g/mol. The number of sulfonamides is 1. The smallest absolute Gasteiger partial charge is 0.344 e. The zero-order chi connectivity index (χ0) is 24.5. The molecular formula is C21H29N5O7S. The van der Waals surface area contributed by atoms with Gasteiger partial charge in [0.1, 0.15) is 5.54 Å². The molecule has 1 aromatic rings. The number of hydrogen-bond donors (Lipinski definition) is 2. The summed E-state index contributed by atoms with van der Waals surface area (Å²) >= 11 is 0. The molecule has 34 heavy (non-hydrogen) atoms. The normalized spacial score (nSPS) is 24.0. The molecule has 0 aromatic heterocycles. The third-order valence-corrected chi connectivity index (χ3v) is 8.15. The van der Waals surface area contributed by atoms with Crippen molar-refractivity contribution in [1.29, 1.82) is 0 Å². The van der Waals surface area contributed by atoms with Crippen LogP contribution < -0.4 is 20.2 Å². The molecule has 3 aliphatic rings. The summed E-state index contributed by atoms with van der Waals surface area (Å²) in [5.74, 6) is -0.104. The fourth-order valence-corrected chi connectivity index (χ4v) is 5.41. The highest BCUT2D eigenvalue weighted by atomic mass is 32.2. The Morgan fingerprint density at radius 1 is 1.12 bits per heavy atom. The highest BCUT2D eigenvalue weighted by Gasteiger charge is 2.47. The van der Waals surface area contributed by atoms with Crippen LogP contribution in [0, 0.1) is 0 Å². The first kappa shape index (κ1) is 24.2. The van der Waals surface area contributed by atoms with Crippen LogP contribution in [0.1, 0.15) is 26.7 Å². The number of rotatable bonds is 6. The number of piperazine rings is 1. The van der Waals surface area contributed by atoms with E-state index in [1.807, 2.05) is 0 Å². The molecule has 0 bridgehead atoms. The van der Waals surface area contributed by atoms with Crippen LogP contribution >= 0.6 is 0 Å². The van der Waals surface area contributed by atoms with Crippen molar-refractivity contribution in [1.82, 2.24) is 25.0 Å². The lowest BCUT2D eigenvalue weighted by molar-refractivity contribution is -0.139. The molecule has 3 aliphatic heterocycles. The van der Waals surface area contributed by atoms with Crippen LogP contribution in [0.25, 0.3) is 0 Å². The second kappa shape index (κ2) is 9.39. The molecule has 4 amide bonds. The quantitative estimate of drug-likeness (QED) is 0.522. The standard InChI is InChI=1S/C21H29N5O7S/c1-3-21(2)19(28)26(20(29)22-21)23-18(27)14-24-7-9-25(10-8-24)34(30,31)15-5-6-16-17(13-15)33-12-4-11-32-16/h5-6,13H,3-4,7-12,14H2,1-2H3,(H,22,29)(H,23,27)/t21-/m1/s1. The zero-order valence-electron chi connectivity index (χ0n) is 19.2. The number of fused-ring (bicyclic) bond motifs is 1. The molecular weight excluding hydrogens is 466 g/mol. The van der Waals surface area contributed by atoms with Crippen molar-refractivity contribution in [2.75, 3.05) is 45.9 Å². The minimum absolute atomic E-state index is 0.0716. The molecule has 3 heterocycles. The first-order chi connectivity index (χ1) is 16.1. The van der Waals surface area contributed by atoms with E-state index < -0.39 is 33.4 Å². The van der Waals surface area contributed by atoms with Gasteiger partial charge in [0.05, 0.1) is 24.7 Å². The molecule has 2 fully saturated rings. The number of benzene rings is 1. The molecule has 2 saturated heterocycles. The number of hydrogen-bond acceptors (Lipinski definition) is 8. The van der Waals surface area contributed by atoms with Crippen LogP contribution in [0.5, 0.6) is 11.5 Å². The topological polar surface area (TPSA) is 138 Å². The zero-order valence-corrected chi connectivity index (χ0v) is 20.0. The Bertz CT molecular complexity index is 1090. The van der Waals surface area contributed by atoms with Gasteiger partial charge < -0.3 is 14.8 Å². The van der Waals surface area contributed by atoms with Gasteiger partial charge in [-0.2, -0.15) is 9.31 Å². The van der Waals surface area contributed by atoms with Crippen LogP contribution in [0.2, 0.25) is 0 Å². The summed E-state index contributed by atoms with van der Waals surface area (Å²) in [6, 6.07) is 3.92. The summed E-state index contributed by atoms with van der Waals surface area (Å²) in [5, 5.41) is 3.27. The number of urea groups is 1. The summed E-state index contributed by atoms with van der Waals surface area (Å²) in [5.41, 5.74) is 1.31. The van der Waals surface area contributed by atoms with Gasteiger partial charge in [0.15, 0.2) is 11.5 Å². The van der Waals surface area contributed by atoms with E-state index in [9.17, 15) is 22.8 Å². The molecule has 2 N–H and O–H groups in total. The second-order valence-electron chi connectivity index (χ2n) is 8.63. The first-order valence-electron chi connectivity index (χ1n) is 11.2. The molecule has 0 unspecified atom stereocenters. The van der Waals surface area contributed by atoms with Crippen molar-refractivity contribution in [2.24, 2.45) is 0 Å². The van der Waals surface area contributed by atoms with Crippen LogP contribution in [0.3, 0.4) is 0 Å². The molecule has 0 spiro atoms. The lowest BCUT2D eigenvalue weighted by Crippen LogP contribution is -2.54. The first-order valence-corrected chi connectivity index (χ1v) is 12.7. The number of hydrazine groups is 1. The van der Waals surface area contributed by atoms with Gasteiger partial charge in [0.25, 0.3) is 11.8 Å². The third-order valence-electron chi connectivity index (χ3n) is 6.26. The minimum atomic E-state index is -3.74. The third kappa shape index (κ3) is 4.68. The van der Waals surface area contributed by atoms with Gasteiger partial charge in [-0.05, 0) is 25.5 Å². The minimum Gasteiger partial charge on any atom is -0.490 e. The molecule has 0 radical (unpaired) electrons. The van der Waals surface area contributed by atoms with Crippen molar-refractivity contribution in [3.05, 3.63) is 18.2 Å². The van der Waals surface area contributed by atoms with Crippen LogP contribution in [-0.2, 0) is 19.6 Å². The van der Waals surface area contributed by atoms with Crippen molar-refractivity contribution in [3.8, 4) is 11.5 Å². The van der Waals surface area contributed by atoms with Gasteiger partial charge in [0.2, 0.25) is 10.0 Å². The van der Waals surface area contributed by atoms with E-state index >= 15 is 0 Å². The van der Waals surface area contributed by atoms with Crippen molar-refractivity contribution in [3.63, 3.8) is 0 Å². The van der Waals surface area contributed by atoms with Gasteiger partial charge in [0, 0.05) is 38.7 Å². The molecule has 1 aromatic carbocycles. The van der Waals surface area contributed by atoms with Crippen molar-refractivity contribution >= 4 is 27.9 Å². The summed E-state index contributed by atoms with van der Waals surface area (Å²) in [4.78, 5) is 38.8. The maximum absolute atomic E-state index is 13.1. The molecule has 0 saturated carbocycles. The Morgan fingerprint density at radius 2 is 1.79 bits per heavy atom. The van der Waals surface area contributed by atoms with E-state index in [4.69, 9.17) is 9.47 Å². The highest BCUT2D eigenvalue weighted by molar-refractivity contribution is 7.89. The summed E-state index contributed by atoms with van der Waals surface area (Å²) in [6.45, 7) is 5.31.